The fourth-order valence-electron chi connectivity index (χ4n) is 0.701. The smallest absolute Gasteiger partial charge is 0.123 e. The van der Waals surface area contributed by atoms with Gasteiger partial charge in [0.05, 0.1) is 6.61 Å². The van der Waals surface area contributed by atoms with Crippen LogP contribution in [0.5, 0.6) is 0 Å². The Morgan fingerprint density at radius 3 is 2.50 bits per heavy atom. The molecule has 1 nitrogen and oxygen atoms in total. The third kappa shape index (κ3) is 5.76. The highest BCUT2D eigenvalue weighted by atomic mass is 19.1. The largest absolute Gasteiger partial charge is 0.378 e. The zero-order valence-corrected chi connectivity index (χ0v) is 6.48. The zero-order chi connectivity index (χ0) is 7.82. The molecule has 1 atom stereocenters. The number of hydrogen-bond donors (Lipinski definition) is 0. The second kappa shape index (κ2) is 6.75. The molecule has 0 aromatic heterocycles. The first-order valence-corrected chi connectivity index (χ1v) is 3.60. The monoisotopic (exact) mass is 146 g/mol. The van der Waals surface area contributed by atoms with E-state index in [1.54, 1.807) is 6.08 Å². The van der Waals surface area contributed by atoms with E-state index in [0.717, 1.165) is 13.0 Å². The molecule has 0 saturated carbocycles. The van der Waals surface area contributed by atoms with Crippen LogP contribution < -0.4 is 0 Å². The molecule has 1 aliphatic rings. The van der Waals surface area contributed by atoms with Gasteiger partial charge in [0.1, 0.15) is 6.17 Å². The Morgan fingerprint density at radius 1 is 1.70 bits per heavy atom. The lowest BCUT2D eigenvalue weighted by molar-refractivity contribution is 0.0366. The van der Waals surface area contributed by atoms with Crippen molar-refractivity contribution in [1.29, 1.82) is 0 Å². The Morgan fingerprint density at radius 2 is 2.30 bits per heavy atom. The van der Waals surface area contributed by atoms with E-state index in [-0.39, 0.29) is 0 Å². The molecule has 0 amide bonds. The van der Waals surface area contributed by atoms with Crippen molar-refractivity contribution < 1.29 is 9.13 Å². The molecule has 0 aromatic carbocycles. The van der Waals surface area contributed by atoms with Gasteiger partial charge < -0.3 is 4.74 Å². The Hall–Kier alpha value is -0.370. The number of ether oxygens (including phenoxy) is 1. The van der Waals surface area contributed by atoms with Gasteiger partial charge in [-0.1, -0.05) is 6.08 Å². The predicted molar refractivity (Wildman–Crippen MR) is 40.8 cm³/mol. The fraction of sp³-hybridized carbons (Fsp3) is 0.750. The normalized spacial score (nSPS) is 24.4. The summed E-state index contributed by atoms with van der Waals surface area (Å²) in [7, 11) is 0. The summed E-state index contributed by atoms with van der Waals surface area (Å²) in [5, 5.41) is 0. The molecule has 1 fully saturated rings. The molecule has 0 aliphatic carbocycles. The number of halogens is 1. The van der Waals surface area contributed by atoms with Gasteiger partial charge in [0.2, 0.25) is 0 Å². The Labute approximate surface area is 61.9 Å². The zero-order valence-electron chi connectivity index (χ0n) is 6.48. The van der Waals surface area contributed by atoms with Gasteiger partial charge in [-0.05, 0) is 19.8 Å². The van der Waals surface area contributed by atoms with Crippen molar-refractivity contribution in [3.8, 4) is 0 Å². The molecule has 10 heavy (non-hydrogen) atoms. The van der Waals surface area contributed by atoms with Crippen LogP contribution >= 0.6 is 0 Å². The maximum Gasteiger partial charge on any atom is 0.123 e. The third-order valence-electron chi connectivity index (χ3n) is 1.10. The minimum Gasteiger partial charge on any atom is -0.378 e. The molecule has 0 bridgehead atoms. The van der Waals surface area contributed by atoms with Crippen molar-refractivity contribution >= 4 is 0 Å². The van der Waals surface area contributed by atoms with Gasteiger partial charge in [-0.25, -0.2) is 4.39 Å². The number of hydrogen-bond acceptors (Lipinski definition) is 1. The van der Waals surface area contributed by atoms with Crippen molar-refractivity contribution in [1.82, 2.24) is 0 Å². The lowest BCUT2D eigenvalue weighted by atomic mass is 10.2. The van der Waals surface area contributed by atoms with E-state index in [9.17, 15) is 4.39 Å². The summed E-state index contributed by atoms with van der Waals surface area (Å²) in [6.45, 7) is 6.32. The molecule has 2 heteroatoms. The summed E-state index contributed by atoms with van der Waals surface area (Å²) in [4.78, 5) is 0. The van der Waals surface area contributed by atoms with Crippen LogP contribution in [0.2, 0.25) is 0 Å². The highest BCUT2D eigenvalue weighted by Gasteiger charge is 2.10. The van der Waals surface area contributed by atoms with Crippen molar-refractivity contribution in [3.05, 3.63) is 12.7 Å². The van der Waals surface area contributed by atoms with Crippen LogP contribution in [0.4, 0.5) is 4.39 Å². The summed E-state index contributed by atoms with van der Waals surface area (Å²) in [5.74, 6) is 0. The number of rotatable bonds is 0. The standard InChI is InChI=1S/C5H9FO.C3H6/c6-5-2-1-3-7-4-5;1-3-2/h5H,1-4H2;3H,1H2,2H3/t5-;/m1./s1. The Balaban J connectivity index is 0.000000236. The van der Waals surface area contributed by atoms with E-state index in [2.05, 4.69) is 6.58 Å². The maximum absolute atomic E-state index is 12.1. The van der Waals surface area contributed by atoms with Gasteiger partial charge in [0.25, 0.3) is 0 Å². The first-order valence-electron chi connectivity index (χ1n) is 3.60. The molecular formula is C8H15FO. The van der Waals surface area contributed by atoms with Crippen molar-refractivity contribution in [2.24, 2.45) is 0 Å². The van der Waals surface area contributed by atoms with Gasteiger partial charge in [-0.2, -0.15) is 0 Å². The average molecular weight is 146 g/mol. The number of allylic oxidation sites excluding steroid dienone is 1. The van der Waals surface area contributed by atoms with E-state index >= 15 is 0 Å². The molecular weight excluding hydrogens is 131 g/mol. The van der Waals surface area contributed by atoms with Crippen molar-refractivity contribution in [2.45, 2.75) is 25.9 Å². The highest BCUT2D eigenvalue weighted by molar-refractivity contribution is 4.58. The van der Waals surface area contributed by atoms with Gasteiger partial charge in [-0.15, -0.1) is 6.58 Å². The van der Waals surface area contributed by atoms with Gasteiger partial charge in [0, 0.05) is 6.61 Å². The summed E-state index contributed by atoms with van der Waals surface area (Å²) >= 11 is 0. The van der Waals surface area contributed by atoms with Gasteiger partial charge >= 0.3 is 0 Å². The molecule has 60 valence electrons. The SMILES string of the molecule is C=CC.F[C@@H]1CCCOC1. The van der Waals surface area contributed by atoms with Crippen LogP contribution in [0.25, 0.3) is 0 Å². The van der Waals surface area contributed by atoms with E-state index in [0.29, 0.717) is 13.0 Å². The minimum atomic E-state index is -0.686. The van der Waals surface area contributed by atoms with E-state index in [1.807, 2.05) is 6.92 Å². The van der Waals surface area contributed by atoms with Crippen LogP contribution in [0.3, 0.4) is 0 Å². The van der Waals surface area contributed by atoms with Crippen molar-refractivity contribution in [3.63, 3.8) is 0 Å². The molecule has 1 saturated heterocycles. The first kappa shape index (κ1) is 9.63. The predicted octanol–water partition coefficient (Wildman–Crippen LogP) is 2.33. The molecule has 0 unspecified atom stereocenters. The Bertz CT molecular complexity index is 77.3. The van der Waals surface area contributed by atoms with Crippen LogP contribution in [0, 0.1) is 0 Å². The Kier molecular flexibility index (Phi) is 6.50. The summed E-state index contributed by atoms with van der Waals surface area (Å²) in [5.41, 5.74) is 0. The molecule has 0 spiro atoms. The lowest BCUT2D eigenvalue weighted by Gasteiger charge is -2.13. The average Bonchev–Trinajstić information content (AvgIpc) is 1.91. The fourth-order valence-corrected chi connectivity index (χ4v) is 0.701. The molecule has 0 aromatic rings. The van der Waals surface area contributed by atoms with Crippen molar-refractivity contribution in [2.75, 3.05) is 13.2 Å². The summed E-state index contributed by atoms with van der Waals surface area (Å²) in [6.07, 6.45) is 2.65. The molecule has 1 aliphatic heterocycles. The van der Waals surface area contributed by atoms with E-state index < -0.39 is 6.17 Å². The molecule has 1 rings (SSSR count). The summed E-state index contributed by atoms with van der Waals surface area (Å²) in [6, 6.07) is 0. The van der Waals surface area contributed by atoms with Gasteiger partial charge in [0.15, 0.2) is 0 Å². The molecule has 0 radical (unpaired) electrons. The minimum absolute atomic E-state index is 0.319. The topological polar surface area (TPSA) is 9.23 Å². The molecule has 0 N–H and O–H groups in total. The quantitative estimate of drug-likeness (QED) is 0.476. The first-order chi connectivity index (χ1) is 4.81. The molecule has 1 heterocycles. The van der Waals surface area contributed by atoms with Crippen LogP contribution in [-0.4, -0.2) is 19.4 Å². The van der Waals surface area contributed by atoms with Crippen LogP contribution in [0.15, 0.2) is 12.7 Å². The lowest BCUT2D eigenvalue weighted by Crippen LogP contribution is -2.17. The second-order valence-electron chi connectivity index (χ2n) is 2.22. The van der Waals surface area contributed by atoms with E-state index in [1.165, 1.54) is 0 Å². The van der Waals surface area contributed by atoms with Crippen LogP contribution in [-0.2, 0) is 4.74 Å². The maximum atomic E-state index is 12.1. The third-order valence-corrected chi connectivity index (χ3v) is 1.10. The summed E-state index contributed by atoms with van der Waals surface area (Å²) < 4.78 is 16.9. The van der Waals surface area contributed by atoms with Gasteiger partial charge in [-0.3, -0.25) is 0 Å². The van der Waals surface area contributed by atoms with E-state index in [4.69, 9.17) is 4.74 Å². The highest BCUT2D eigenvalue weighted by Crippen LogP contribution is 2.07. The number of alkyl halides is 1. The second-order valence-corrected chi connectivity index (χ2v) is 2.22. The van der Waals surface area contributed by atoms with Crippen LogP contribution in [0.1, 0.15) is 19.8 Å².